The molecule has 0 radical (unpaired) electrons. The molecule has 0 saturated carbocycles. The lowest BCUT2D eigenvalue weighted by molar-refractivity contribution is 0.420. The van der Waals surface area contributed by atoms with Gasteiger partial charge in [0.2, 0.25) is 0 Å². The van der Waals surface area contributed by atoms with Gasteiger partial charge in [-0.05, 0) is 60.4 Å². The predicted molar refractivity (Wildman–Crippen MR) is 114 cm³/mol. The summed E-state index contributed by atoms with van der Waals surface area (Å²) in [5, 5.41) is 2.35. The molecule has 1 aliphatic rings. The van der Waals surface area contributed by atoms with E-state index in [0.29, 0.717) is 0 Å². The van der Waals surface area contributed by atoms with Crippen LogP contribution in [0.5, 0.6) is 5.75 Å². The van der Waals surface area contributed by atoms with E-state index < -0.39 is 0 Å². The van der Waals surface area contributed by atoms with Gasteiger partial charge in [0.05, 0.1) is 7.11 Å². The van der Waals surface area contributed by atoms with Crippen molar-refractivity contribution in [2.75, 3.05) is 7.11 Å². The van der Waals surface area contributed by atoms with Crippen LogP contribution in [-0.2, 0) is 0 Å². The summed E-state index contributed by atoms with van der Waals surface area (Å²) in [4.78, 5) is 0. The third-order valence-corrected chi connectivity index (χ3v) is 4.99. The molecule has 0 atom stereocenters. The highest BCUT2D eigenvalue weighted by molar-refractivity contribution is 5.97. The monoisotopic (exact) mass is 342 g/mol. The van der Waals surface area contributed by atoms with Gasteiger partial charge < -0.3 is 4.74 Å². The standard InChI is InChI=1S/C25H26O/c1-5-20(21-13-10-18(2)11-14-21)15-12-19(3)22-16-17-25(26-4)24-9-7-6-8-23(22)24/h5-10,12-13,15-17H,1,11,14H2,2-4H3/b19-12+,20-15+. The van der Waals surface area contributed by atoms with Crippen molar-refractivity contribution in [3.63, 3.8) is 0 Å². The van der Waals surface area contributed by atoms with E-state index in [-0.39, 0.29) is 0 Å². The normalized spacial score (nSPS) is 15.5. The molecule has 0 heterocycles. The van der Waals surface area contributed by atoms with E-state index in [9.17, 15) is 0 Å². The number of rotatable bonds is 5. The predicted octanol–water partition coefficient (Wildman–Crippen LogP) is 7.03. The summed E-state index contributed by atoms with van der Waals surface area (Å²) >= 11 is 0. The molecule has 0 fully saturated rings. The van der Waals surface area contributed by atoms with Gasteiger partial charge in [0.1, 0.15) is 5.75 Å². The number of hydrogen-bond donors (Lipinski definition) is 0. The number of methoxy groups -OCH3 is 1. The van der Waals surface area contributed by atoms with Crippen LogP contribution in [0, 0.1) is 0 Å². The maximum atomic E-state index is 5.51. The Hall–Kier alpha value is -2.80. The largest absolute Gasteiger partial charge is 0.496 e. The van der Waals surface area contributed by atoms with Gasteiger partial charge in [0, 0.05) is 5.39 Å². The van der Waals surface area contributed by atoms with Crippen molar-refractivity contribution >= 4 is 16.3 Å². The van der Waals surface area contributed by atoms with Gasteiger partial charge in [0.15, 0.2) is 0 Å². The Bertz CT molecular complexity index is 951. The van der Waals surface area contributed by atoms with Crippen molar-refractivity contribution in [1.82, 2.24) is 0 Å². The summed E-state index contributed by atoms with van der Waals surface area (Å²) in [6.07, 6.45) is 13.0. The first-order chi connectivity index (χ1) is 12.6. The van der Waals surface area contributed by atoms with Gasteiger partial charge in [-0.15, -0.1) is 0 Å². The molecular formula is C25H26O. The number of fused-ring (bicyclic) bond motifs is 1. The van der Waals surface area contributed by atoms with Gasteiger partial charge in [-0.25, -0.2) is 0 Å². The molecule has 0 unspecified atom stereocenters. The zero-order valence-corrected chi connectivity index (χ0v) is 15.9. The Kier molecular flexibility index (Phi) is 5.58. The van der Waals surface area contributed by atoms with Crippen molar-refractivity contribution < 1.29 is 4.74 Å². The fourth-order valence-corrected chi connectivity index (χ4v) is 3.39. The third-order valence-electron chi connectivity index (χ3n) is 4.99. The molecule has 2 aromatic carbocycles. The van der Waals surface area contributed by atoms with Gasteiger partial charge >= 0.3 is 0 Å². The van der Waals surface area contributed by atoms with E-state index in [1.54, 1.807) is 7.11 Å². The summed E-state index contributed by atoms with van der Waals surface area (Å²) in [5.74, 6) is 0.911. The maximum absolute atomic E-state index is 5.51. The van der Waals surface area contributed by atoms with Crippen LogP contribution >= 0.6 is 0 Å². The molecule has 0 bridgehead atoms. The van der Waals surface area contributed by atoms with Crippen LogP contribution in [0.4, 0.5) is 0 Å². The van der Waals surface area contributed by atoms with Gasteiger partial charge in [-0.2, -0.15) is 0 Å². The molecule has 26 heavy (non-hydrogen) atoms. The second kappa shape index (κ2) is 8.05. The Balaban J connectivity index is 2.00. The fourth-order valence-electron chi connectivity index (χ4n) is 3.39. The van der Waals surface area contributed by atoms with Crippen LogP contribution < -0.4 is 4.74 Å². The molecular weight excluding hydrogens is 316 g/mol. The van der Waals surface area contributed by atoms with Crippen molar-refractivity contribution in [2.45, 2.75) is 26.7 Å². The van der Waals surface area contributed by atoms with Crippen LogP contribution in [-0.4, -0.2) is 7.11 Å². The first-order valence-corrected chi connectivity index (χ1v) is 9.08. The Morgan fingerprint density at radius 1 is 1.00 bits per heavy atom. The molecule has 1 heteroatoms. The smallest absolute Gasteiger partial charge is 0.126 e. The van der Waals surface area contributed by atoms with Crippen LogP contribution in [0.1, 0.15) is 32.3 Å². The molecule has 0 aromatic heterocycles. The Morgan fingerprint density at radius 3 is 2.42 bits per heavy atom. The van der Waals surface area contributed by atoms with Crippen molar-refractivity contribution in [3.8, 4) is 5.75 Å². The summed E-state index contributed by atoms with van der Waals surface area (Å²) in [6, 6.07) is 12.6. The van der Waals surface area contributed by atoms with Crippen molar-refractivity contribution in [3.05, 3.63) is 95.6 Å². The Labute approximate surface area is 156 Å². The fraction of sp³-hybridized carbons (Fsp3) is 0.200. The zero-order chi connectivity index (χ0) is 18.5. The summed E-state index contributed by atoms with van der Waals surface area (Å²) in [5.41, 5.74) is 6.45. The number of hydrogen-bond acceptors (Lipinski definition) is 1. The van der Waals surface area contributed by atoms with Crippen LogP contribution in [0.25, 0.3) is 16.3 Å². The van der Waals surface area contributed by atoms with E-state index in [4.69, 9.17) is 4.74 Å². The second-order valence-electron chi connectivity index (χ2n) is 6.74. The van der Waals surface area contributed by atoms with E-state index in [1.807, 2.05) is 12.1 Å². The first kappa shape index (κ1) is 18.0. The number of benzene rings is 2. The summed E-state index contributed by atoms with van der Waals surface area (Å²) < 4.78 is 5.51. The number of ether oxygens (including phenoxy) is 1. The lowest BCUT2D eigenvalue weighted by atomic mass is 9.93. The van der Waals surface area contributed by atoms with E-state index in [1.165, 1.54) is 33.2 Å². The van der Waals surface area contributed by atoms with Crippen LogP contribution in [0.3, 0.4) is 0 Å². The van der Waals surface area contributed by atoms with Crippen LogP contribution in [0.15, 0.2) is 90.1 Å². The third kappa shape index (κ3) is 3.72. The Morgan fingerprint density at radius 2 is 1.77 bits per heavy atom. The molecule has 0 amide bonds. The van der Waals surface area contributed by atoms with Crippen molar-refractivity contribution in [1.29, 1.82) is 0 Å². The minimum atomic E-state index is 0.911. The molecule has 0 saturated heterocycles. The van der Waals surface area contributed by atoms with Crippen LogP contribution in [0.2, 0.25) is 0 Å². The SMILES string of the molecule is C=C/C(=C\C=C(/C)c1ccc(OC)c2ccccc12)C1=CC=C(C)CC1. The highest BCUT2D eigenvalue weighted by Crippen LogP contribution is 2.32. The highest BCUT2D eigenvalue weighted by Gasteiger charge is 2.08. The quantitative estimate of drug-likeness (QED) is 0.530. The second-order valence-corrected chi connectivity index (χ2v) is 6.74. The van der Waals surface area contributed by atoms with E-state index >= 15 is 0 Å². The molecule has 0 spiro atoms. The summed E-state index contributed by atoms with van der Waals surface area (Å²) in [7, 11) is 1.72. The average molecular weight is 342 g/mol. The van der Waals surface area contributed by atoms with Gasteiger partial charge in [0.25, 0.3) is 0 Å². The maximum Gasteiger partial charge on any atom is 0.126 e. The van der Waals surface area contributed by atoms with Crippen molar-refractivity contribution in [2.24, 2.45) is 0 Å². The lowest BCUT2D eigenvalue weighted by Gasteiger charge is -2.13. The minimum Gasteiger partial charge on any atom is -0.496 e. The molecule has 1 nitrogen and oxygen atoms in total. The number of allylic oxidation sites excluding steroid dienone is 9. The molecule has 0 N–H and O–H groups in total. The highest BCUT2D eigenvalue weighted by atomic mass is 16.5. The summed E-state index contributed by atoms with van der Waals surface area (Å²) in [6.45, 7) is 8.34. The zero-order valence-electron chi connectivity index (χ0n) is 15.9. The topological polar surface area (TPSA) is 9.23 Å². The van der Waals surface area contributed by atoms with E-state index in [2.05, 4.69) is 75.1 Å². The molecule has 1 aliphatic carbocycles. The lowest BCUT2D eigenvalue weighted by Crippen LogP contribution is -1.93. The molecule has 3 rings (SSSR count). The molecule has 2 aromatic rings. The van der Waals surface area contributed by atoms with Gasteiger partial charge in [-0.1, -0.05) is 72.9 Å². The molecule has 0 aliphatic heterocycles. The van der Waals surface area contributed by atoms with Gasteiger partial charge in [-0.3, -0.25) is 0 Å². The average Bonchev–Trinajstić information content (AvgIpc) is 2.68. The minimum absolute atomic E-state index is 0.911. The van der Waals surface area contributed by atoms with E-state index in [0.717, 1.165) is 24.0 Å². The first-order valence-electron chi connectivity index (χ1n) is 9.08. The molecule has 132 valence electrons.